The van der Waals surface area contributed by atoms with Crippen molar-refractivity contribution in [1.82, 2.24) is 4.90 Å². The molecule has 0 spiro atoms. The number of nitrogens with zero attached hydrogens (tertiary/aromatic N) is 2. The van der Waals surface area contributed by atoms with Crippen LogP contribution in [0.3, 0.4) is 0 Å². The van der Waals surface area contributed by atoms with Crippen molar-refractivity contribution in [1.29, 1.82) is 0 Å². The number of thiol groups is 1. The summed E-state index contributed by atoms with van der Waals surface area (Å²) in [5, 5.41) is 13.2. The Balaban J connectivity index is 2.09. The van der Waals surface area contributed by atoms with Crippen LogP contribution < -0.4 is 5.73 Å². The molecule has 1 aromatic carbocycles. The lowest BCUT2D eigenvalue weighted by atomic mass is 10.1. The van der Waals surface area contributed by atoms with Gasteiger partial charge >= 0.3 is 6.09 Å². The van der Waals surface area contributed by atoms with E-state index in [0.29, 0.717) is 6.42 Å². The summed E-state index contributed by atoms with van der Waals surface area (Å²) in [6.07, 6.45) is -1.96. The van der Waals surface area contributed by atoms with Gasteiger partial charge in [0.25, 0.3) is 5.91 Å². The van der Waals surface area contributed by atoms with Gasteiger partial charge in [-0.05, 0) is 18.9 Å². The van der Waals surface area contributed by atoms with Crippen molar-refractivity contribution in [2.45, 2.75) is 50.4 Å². The van der Waals surface area contributed by atoms with Gasteiger partial charge in [0.2, 0.25) is 0 Å². The number of amides is 2. The zero-order valence-corrected chi connectivity index (χ0v) is 16.2. The number of imide groups is 1. The zero-order chi connectivity index (χ0) is 20.0. The summed E-state index contributed by atoms with van der Waals surface area (Å²) in [5.41, 5.74) is 7.24. The van der Waals surface area contributed by atoms with E-state index in [1.165, 1.54) is 6.92 Å². The van der Waals surface area contributed by atoms with E-state index in [1.807, 2.05) is 25.1 Å². The molecular weight excluding hydrogens is 370 g/mol. The summed E-state index contributed by atoms with van der Waals surface area (Å²) in [6, 6.07) is 7.81. The summed E-state index contributed by atoms with van der Waals surface area (Å²) in [6.45, 7) is 3.16. The molecule has 4 atom stereocenters. The minimum absolute atomic E-state index is 0.0000919. The summed E-state index contributed by atoms with van der Waals surface area (Å²) >= 11 is 4.45. The number of carbonyl (C=O) groups excluding carboxylic acids is 2. The van der Waals surface area contributed by atoms with Gasteiger partial charge in [-0.15, -0.1) is 0 Å². The molecule has 148 valence electrons. The lowest BCUT2D eigenvalue weighted by molar-refractivity contribution is -0.134. The van der Waals surface area contributed by atoms with Gasteiger partial charge in [0.05, 0.1) is 23.6 Å². The fourth-order valence-corrected chi connectivity index (χ4v) is 2.86. The van der Waals surface area contributed by atoms with Crippen LogP contribution in [0.4, 0.5) is 4.79 Å². The summed E-state index contributed by atoms with van der Waals surface area (Å²) in [4.78, 5) is 31.3. The number of nitrogens with two attached hydrogens (primary N) is 1. The third kappa shape index (κ3) is 5.44. The standard InChI is InChI=1S/C18H25N3O5S/c1-3-13-16(27)14(26-20-13)9-21(17(23)15(19)11(2)22)18(24)25-10-12-7-5-4-6-8-12/h4-8,11,14-16,22,27H,3,9-10,19H2,1-2H3/t11-,14?,15+,16?/m1/s1. The Bertz CT molecular complexity index is 683. The first-order valence-electron chi connectivity index (χ1n) is 8.71. The van der Waals surface area contributed by atoms with E-state index in [4.69, 9.17) is 15.3 Å². The fraction of sp³-hybridized carbons (Fsp3) is 0.500. The van der Waals surface area contributed by atoms with E-state index in [2.05, 4.69) is 17.8 Å². The third-order valence-corrected chi connectivity index (χ3v) is 4.85. The van der Waals surface area contributed by atoms with Crippen molar-refractivity contribution in [2.75, 3.05) is 6.54 Å². The van der Waals surface area contributed by atoms with Gasteiger partial charge in [-0.2, -0.15) is 12.6 Å². The highest BCUT2D eigenvalue weighted by atomic mass is 32.1. The molecular formula is C18H25N3O5S. The Hall–Kier alpha value is -2.10. The molecule has 0 saturated carbocycles. The van der Waals surface area contributed by atoms with Crippen LogP contribution in [0.15, 0.2) is 35.5 Å². The van der Waals surface area contributed by atoms with Gasteiger partial charge < -0.3 is 20.4 Å². The molecule has 27 heavy (non-hydrogen) atoms. The number of aliphatic hydroxyl groups excluding tert-OH is 1. The molecule has 1 aliphatic rings. The van der Waals surface area contributed by atoms with Crippen molar-refractivity contribution in [3.63, 3.8) is 0 Å². The van der Waals surface area contributed by atoms with E-state index in [-0.39, 0.29) is 18.4 Å². The number of benzene rings is 1. The molecule has 2 unspecified atom stereocenters. The summed E-state index contributed by atoms with van der Waals surface area (Å²) < 4.78 is 5.25. The van der Waals surface area contributed by atoms with Crippen LogP contribution in [-0.4, -0.2) is 57.8 Å². The molecule has 0 aromatic heterocycles. The maximum absolute atomic E-state index is 12.6. The van der Waals surface area contributed by atoms with Crippen LogP contribution in [-0.2, 0) is 21.0 Å². The van der Waals surface area contributed by atoms with Gasteiger partial charge in [-0.1, -0.05) is 42.4 Å². The Morgan fingerprint density at radius 1 is 1.41 bits per heavy atom. The molecule has 1 aromatic rings. The van der Waals surface area contributed by atoms with Gasteiger partial charge in [0.15, 0.2) is 6.10 Å². The van der Waals surface area contributed by atoms with Crippen LogP contribution in [0.5, 0.6) is 0 Å². The van der Waals surface area contributed by atoms with Crippen LogP contribution in [0, 0.1) is 0 Å². The van der Waals surface area contributed by atoms with Crippen molar-refractivity contribution in [3.8, 4) is 0 Å². The van der Waals surface area contributed by atoms with E-state index in [9.17, 15) is 14.7 Å². The first kappa shape index (κ1) is 21.2. The largest absolute Gasteiger partial charge is 0.444 e. The number of rotatable bonds is 7. The van der Waals surface area contributed by atoms with Gasteiger partial charge in [-0.25, -0.2) is 9.69 Å². The highest BCUT2D eigenvalue weighted by molar-refractivity contribution is 7.82. The Morgan fingerprint density at radius 3 is 2.63 bits per heavy atom. The summed E-state index contributed by atoms with van der Waals surface area (Å²) in [7, 11) is 0. The highest BCUT2D eigenvalue weighted by Gasteiger charge is 2.38. The SMILES string of the molecule is CCC1=NOC(CN(C(=O)OCc2ccccc2)C(=O)[C@@H](N)[C@@H](C)O)C1S. The van der Waals surface area contributed by atoms with Crippen molar-refractivity contribution in [2.24, 2.45) is 10.9 Å². The normalized spacial score (nSPS) is 21.0. The van der Waals surface area contributed by atoms with Crippen LogP contribution in [0.1, 0.15) is 25.8 Å². The Morgan fingerprint density at radius 2 is 2.07 bits per heavy atom. The monoisotopic (exact) mass is 395 g/mol. The maximum atomic E-state index is 12.6. The average Bonchev–Trinajstić information content (AvgIpc) is 3.03. The fourth-order valence-electron chi connectivity index (χ4n) is 2.49. The lowest BCUT2D eigenvalue weighted by Gasteiger charge is -2.27. The van der Waals surface area contributed by atoms with Crippen molar-refractivity contribution >= 4 is 30.3 Å². The quantitative estimate of drug-likeness (QED) is 0.600. The number of hydrogen-bond donors (Lipinski definition) is 3. The molecule has 0 fully saturated rings. The Kier molecular flexibility index (Phi) is 7.64. The molecule has 3 N–H and O–H groups in total. The molecule has 0 aliphatic carbocycles. The smallest absolute Gasteiger partial charge is 0.417 e. The molecule has 9 heteroatoms. The van der Waals surface area contributed by atoms with E-state index >= 15 is 0 Å². The Labute approximate surface area is 163 Å². The van der Waals surface area contributed by atoms with E-state index in [0.717, 1.165) is 16.2 Å². The molecule has 2 rings (SSSR count). The predicted octanol–water partition coefficient (Wildman–Crippen LogP) is 1.32. The number of carbonyl (C=O) groups is 2. The molecule has 1 heterocycles. The first-order valence-corrected chi connectivity index (χ1v) is 9.23. The zero-order valence-electron chi connectivity index (χ0n) is 15.3. The minimum atomic E-state index is -1.26. The molecule has 0 saturated heterocycles. The first-order chi connectivity index (χ1) is 12.8. The van der Waals surface area contributed by atoms with Crippen LogP contribution in [0.2, 0.25) is 0 Å². The second-order valence-electron chi connectivity index (χ2n) is 6.28. The third-order valence-electron chi connectivity index (χ3n) is 4.22. The average molecular weight is 395 g/mol. The van der Waals surface area contributed by atoms with Gasteiger partial charge in [0, 0.05) is 0 Å². The topological polar surface area (TPSA) is 114 Å². The molecule has 8 nitrogen and oxygen atoms in total. The highest BCUT2D eigenvalue weighted by Crippen LogP contribution is 2.21. The van der Waals surface area contributed by atoms with Crippen LogP contribution in [0.25, 0.3) is 0 Å². The van der Waals surface area contributed by atoms with Crippen LogP contribution >= 0.6 is 12.6 Å². The molecule has 0 radical (unpaired) electrons. The van der Waals surface area contributed by atoms with E-state index < -0.39 is 30.3 Å². The molecule has 1 aliphatic heterocycles. The molecule has 0 bridgehead atoms. The second-order valence-corrected chi connectivity index (χ2v) is 6.84. The van der Waals surface area contributed by atoms with Gasteiger partial charge in [-0.3, -0.25) is 4.79 Å². The van der Waals surface area contributed by atoms with Crippen molar-refractivity contribution in [3.05, 3.63) is 35.9 Å². The number of hydrogen-bond acceptors (Lipinski definition) is 8. The van der Waals surface area contributed by atoms with E-state index in [1.54, 1.807) is 12.1 Å². The number of ether oxygens (including phenoxy) is 1. The minimum Gasteiger partial charge on any atom is -0.444 e. The summed E-state index contributed by atoms with van der Waals surface area (Å²) in [5.74, 6) is -0.753. The number of oxime groups is 1. The maximum Gasteiger partial charge on any atom is 0.417 e. The van der Waals surface area contributed by atoms with Gasteiger partial charge in [0.1, 0.15) is 12.6 Å². The second kappa shape index (κ2) is 9.72. The molecule has 2 amide bonds. The van der Waals surface area contributed by atoms with Crippen molar-refractivity contribution < 1.29 is 24.3 Å². The number of aliphatic hydroxyl groups is 1. The lowest BCUT2D eigenvalue weighted by Crippen LogP contribution is -2.54. The predicted molar refractivity (Wildman–Crippen MR) is 103 cm³/mol.